The summed E-state index contributed by atoms with van der Waals surface area (Å²) in [5, 5.41) is 2.54. The summed E-state index contributed by atoms with van der Waals surface area (Å²) in [6.07, 6.45) is -4.44. The molecule has 5 nitrogen and oxygen atoms in total. The van der Waals surface area contributed by atoms with Gasteiger partial charge in [0.25, 0.3) is 5.91 Å². The fourth-order valence-corrected chi connectivity index (χ4v) is 3.01. The number of carbonyl (C=O) groups is 1. The van der Waals surface area contributed by atoms with Crippen LogP contribution in [0.2, 0.25) is 5.02 Å². The number of benzene rings is 2. The molecule has 0 saturated carbocycles. The molecule has 0 aromatic heterocycles. The first-order chi connectivity index (χ1) is 12.0. The quantitative estimate of drug-likeness (QED) is 0.800. The van der Waals surface area contributed by atoms with Gasteiger partial charge in [-0.05, 0) is 42.9 Å². The highest BCUT2D eigenvalue weighted by molar-refractivity contribution is 7.89. The molecule has 0 unspecified atom stereocenters. The van der Waals surface area contributed by atoms with Crippen LogP contribution in [-0.4, -0.2) is 21.4 Å². The molecule has 26 heavy (non-hydrogen) atoms. The molecule has 0 aliphatic rings. The number of halogens is 4. The molecule has 140 valence electrons. The van der Waals surface area contributed by atoms with Crippen LogP contribution in [0.1, 0.15) is 21.5 Å². The summed E-state index contributed by atoms with van der Waals surface area (Å²) in [7, 11) is -2.52. The van der Waals surface area contributed by atoms with Gasteiger partial charge in [0.15, 0.2) is 0 Å². The molecule has 0 radical (unpaired) electrons. The normalized spacial score (nSPS) is 12.0. The van der Waals surface area contributed by atoms with Gasteiger partial charge in [-0.2, -0.15) is 13.2 Å². The number of hydrogen-bond donors (Lipinski definition) is 2. The fourth-order valence-electron chi connectivity index (χ4n) is 2.05. The van der Waals surface area contributed by atoms with Crippen LogP contribution < -0.4 is 10.0 Å². The number of amides is 1. The second-order valence-corrected chi connectivity index (χ2v) is 7.52. The van der Waals surface area contributed by atoms with E-state index in [-0.39, 0.29) is 22.0 Å². The van der Waals surface area contributed by atoms with Crippen LogP contribution in [0.5, 0.6) is 0 Å². The Labute approximate surface area is 153 Å². The van der Waals surface area contributed by atoms with E-state index < -0.39 is 27.7 Å². The van der Waals surface area contributed by atoms with Crippen LogP contribution in [0.4, 0.5) is 13.2 Å². The van der Waals surface area contributed by atoms with Crippen LogP contribution >= 0.6 is 11.6 Å². The topological polar surface area (TPSA) is 75.3 Å². The van der Waals surface area contributed by atoms with Gasteiger partial charge in [0.1, 0.15) is 0 Å². The molecule has 0 atom stereocenters. The van der Waals surface area contributed by atoms with E-state index in [9.17, 15) is 26.4 Å². The Morgan fingerprint density at radius 1 is 1.12 bits per heavy atom. The van der Waals surface area contributed by atoms with Crippen molar-refractivity contribution in [3.8, 4) is 0 Å². The van der Waals surface area contributed by atoms with E-state index in [2.05, 4.69) is 10.0 Å². The minimum atomic E-state index is -4.44. The largest absolute Gasteiger partial charge is 0.416 e. The lowest BCUT2D eigenvalue weighted by molar-refractivity contribution is -0.137. The predicted molar refractivity (Wildman–Crippen MR) is 90.3 cm³/mol. The van der Waals surface area contributed by atoms with Gasteiger partial charge in [-0.15, -0.1) is 0 Å². The molecule has 2 aromatic rings. The molecule has 0 saturated heterocycles. The standard InChI is InChI=1S/C16H14ClF3N2O3S/c1-21-26(24,25)12-6-7-14(17)13(8-12)15(23)22-9-10-2-4-11(5-3-10)16(18,19)20/h2-8,21H,9H2,1H3,(H,22,23). The van der Waals surface area contributed by atoms with Crippen molar-refractivity contribution < 1.29 is 26.4 Å². The Morgan fingerprint density at radius 3 is 2.27 bits per heavy atom. The van der Waals surface area contributed by atoms with Crippen LogP contribution in [0, 0.1) is 0 Å². The molecule has 0 heterocycles. The molecular formula is C16H14ClF3N2O3S. The zero-order chi connectivity index (χ0) is 19.5. The molecule has 0 aliphatic carbocycles. The van der Waals surface area contributed by atoms with E-state index in [0.717, 1.165) is 18.2 Å². The maximum absolute atomic E-state index is 12.5. The van der Waals surface area contributed by atoms with Crippen LogP contribution in [0.3, 0.4) is 0 Å². The summed E-state index contributed by atoms with van der Waals surface area (Å²) < 4.78 is 63.3. The molecule has 10 heteroatoms. The SMILES string of the molecule is CNS(=O)(=O)c1ccc(Cl)c(C(=O)NCc2ccc(C(F)(F)F)cc2)c1. The van der Waals surface area contributed by atoms with Gasteiger partial charge in [0, 0.05) is 6.54 Å². The highest BCUT2D eigenvalue weighted by atomic mass is 35.5. The Hall–Kier alpha value is -2.10. The van der Waals surface area contributed by atoms with Crippen molar-refractivity contribution in [2.75, 3.05) is 7.05 Å². The highest BCUT2D eigenvalue weighted by Gasteiger charge is 2.29. The van der Waals surface area contributed by atoms with Crippen molar-refractivity contribution in [3.63, 3.8) is 0 Å². The number of rotatable bonds is 5. The Morgan fingerprint density at radius 2 is 1.73 bits per heavy atom. The number of sulfonamides is 1. The number of carbonyl (C=O) groups excluding carboxylic acids is 1. The van der Waals surface area contributed by atoms with Crippen molar-refractivity contribution in [3.05, 3.63) is 64.2 Å². The number of nitrogens with one attached hydrogen (secondary N) is 2. The van der Waals surface area contributed by atoms with Crippen LogP contribution in [0.25, 0.3) is 0 Å². The smallest absolute Gasteiger partial charge is 0.348 e. The minimum Gasteiger partial charge on any atom is -0.348 e. The first kappa shape index (κ1) is 20.2. The molecule has 2 rings (SSSR count). The maximum atomic E-state index is 12.5. The van der Waals surface area contributed by atoms with Gasteiger partial charge in [0.2, 0.25) is 10.0 Å². The summed E-state index contributed by atoms with van der Waals surface area (Å²) in [4.78, 5) is 12.1. The van der Waals surface area contributed by atoms with Gasteiger partial charge in [0.05, 0.1) is 21.0 Å². The van der Waals surface area contributed by atoms with Gasteiger partial charge in [-0.25, -0.2) is 13.1 Å². The van der Waals surface area contributed by atoms with Gasteiger partial charge < -0.3 is 5.32 Å². The van der Waals surface area contributed by atoms with Crippen molar-refractivity contribution in [2.24, 2.45) is 0 Å². The first-order valence-corrected chi connectivity index (χ1v) is 9.08. The summed E-state index contributed by atoms with van der Waals surface area (Å²) in [6.45, 7) is -0.0453. The number of hydrogen-bond acceptors (Lipinski definition) is 3. The van der Waals surface area contributed by atoms with E-state index in [1.807, 2.05) is 0 Å². The Bertz CT molecular complexity index is 913. The third-order valence-electron chi connectivity index (χ3n) is 3.50. The third-order valence-corrected chi connectivity index (χ3v) is 5.24. The van der Waals surface area contributed by atoms with Crippen LogP contribution in [0.15, 0.2) is 47.4 Å². The molecule has 0 aliphatic heterocycles. The zero-order valence-corrected chi connectivity index (χ0v) is 15.0. The summed E-state index contributed by atoms with van der Waals surface area (Å²) >= 11 is 5.94. The van der Waals surface area contributed by atoms with Gasteiger partial charge in [-0.1, -0.05) is 23.7 Å². The summed E-state index contributed by atoms with van der Waals surface area (Å²) in [5.74, 6) is -0.650. The summed E-state index contributed by atoms with van der Waals surface area (Å²) in [5.41, 5.74) is -0.406. The summed E-state index contributed by atoms with van der Waals surface area (Å²) in [6, 6.07) is 7.96. The molecule has 2 aromatic carbocycles. The zero-order valence-electron chi connectivity index (χ0n) is 13.4. The first-order valence-electron chi connectivity index (χ1n) is 7.22. The lowest BCUT2D eigenvalue weighted by atomic mass is 10.1. The van der Waals surface area contributed by atoms with Crippen LogP contribution in [-0.2, 0) is 22.7 Å². The fraction of sp³-hybridized carbons (Fsp3) is 0.188. The Kier molecular flexibility index (Phi) is 5.94. The molecular weight excluding hydrogens is 393 g/mol. The van der Waals surface area contributed by atoms with Crippen molar-refractivity contribution in [1.82, 2.24) is 10.0 Å². The lowest BCUT2D eigenvalue weighted by Gasteiger charge is -2.10. The maximum Gasteiger partial charge on any atom is 0.416 e. The predicted octanol–water partition coefficient (Wildman–Crippen LogP) is 3.20. The minimum absolute atomic E-state index is 0.0453. The average Bonchev–Trinajstić information content (AvgIpc) is 2.59. The van der Waals surface area contributed by atoms with Crippen molar-refractivity contribution in [1.29, 1.82) is 0 Å². The average molecular weight is 407 g/mol. The molecule has 1 amide bonds. The second-order valence-electron chi connectivity index (χ2n) is 5.23. The second kappa shape index (κ2) is 7.65. The van der Waals surface area contributed by atoms with Gasteiger partial charge >= 0.3 is 6.18 Å². The third kappa shape index (κ3) is 4.75. The lowest BCUT2D eigenvalue weighted by Crippen LogP contribution is -2.24. The number of alkyl halides is 3. The molecule has 0 fully saturated rings. The van der Waals surface area contributed by atoms with E-state index in [4.69, 9.17) is 11.6 Å². The highest BCUT2D eigenvalue weighted by Crippen LogP contribution is 2.29. The molecule has 0 spiro atoms. The monoisotopic (exact) mass is 406 g/mol. The molecule has 0 bridgehead atoms. The van der Waals surface area contributed by atoms with E-state index >= 15 is 0 Å². The van der Waals surface area contributed by atoms with E-state index in [0.29, 0.717) is 5.56 Å². The Balaban J connectivity index is 2.14. The van der Waals surface area contributed by atoms with Gasteiger partial charge in [-0.3, -0.25) is 4.79 Å². The van der Waals surface area contributed by atoms with Crippen molar-refractivity contribution >= 4 is 27.5 Å². The van der Waals surface area contributed by atoms with E-state index in [1.165, 1.54) is 31.3 Å². The van der Waals surface area contributed by atoms with E-state index in [1.54, 1.807) is 0 Å². The van der Waals surface area contributed by atoms with Crippen molar-refractivity contribution in [2.45, 2.75) is 17.6 Å². The molecule has 2 N–H and O–H groups in total.